The molecule has 3 rings (SSSR count). The van der Waals surface area contributed by atoms with Gasteiger partial charge in [-0.05, 0) is 26.3 Å². The Bertz CT molecular complexity index is 550. The van der Waals surface area contributed by atoms with Crippen LogP contribution in [0, 0.1) is 13.8 Å². The molecule has 0 amide bonds. The standard InChI is InChI=1S/C12H17N5O2/c1-8-13-12(19-16-8)10-5-3-4-6-17(10)7-11-15-14-9(2)18-11/h10H,3-7H2,1-2H3/t10-/m1/s1. The Balaban J connectivity index is 1.77. The van der Waals surface area contributed by atoms with Crippen LogP contribution in [0.15, 0.2) is 8.94 Å². The first-order valence-corrected chi connectivity index (χ1v) is 6.55. The van der Waals surface area contributed by atoms with Gasteiger partial charge in [-0.3, -0.25) is 4.90 Å². The molecule has 1 fully saturated rings. The molecule has 102 valence electrons. The van der Waals surface area contributed by atoms with Crippen molar-refractivity contribution in [3.63, 3.8) is 0 Å². The SMILES string of the molecule is Cc1noc([C@H]2CCCCN2Cc2nnc(C)o2)n1. The second kappa shape index (κ2) is 5.08. The van der Waals surface area contributed by atoms with Crippen molar-refractivity contribution in [2.45, 2.75) is 45.7 Å². The lowest BCUT2D eigenvalue weighted by Crippen LogP contribution is -2.33. The maximum Gasteiger partial charge on any atom is 0.243 e. The lowest BCUT2D eigenvalue weighted by atomic mass is 10.0. The predicted octanol–water partition coefficient (Wildman–Crippen LogP) is 1.80. The number of likely N-dealkylation sites (tertiary alicyclic amines) is 1. The van der Waals surface area contributed by atoms with Gasteiger partial charge in [0.25, 0.3) is 0 Å². The molecule has 2 aromatic heterocycles. The van der Waals surface area contributed by atoms with Crippen LogP contribution in [-0.2, 0) is 6.54 Å². The molecule has 0 spiro atoms. The quantitative estimate of drug-likeness (QED) is 0.835. The van der Waals surface area contributed by atoms with Crippen LogP contribution in [0.25, 0.3) is 0 Å². The van der Waals surface area contributed by atoms with Crippen LogP contribution in [0.4, 0.5) is 0 Å². The zero-order valence-corrected chi connectivity index (χ0v) is 11.2. The first kappa shape index (κ1) is 12.3. The first-order valence-electron chi connectivity index (χ1n) is 6.55. The highest BCUT2D eigenvalue weighted by Crippen LogP contribution is 2.30. The molecule has 0 aromatic carbocycles. The molecule has 1 atom stereocenters. The van der Waals surface area contributed by atoms with E-state index in [1.54, 1.807) is 6.92 Å². The van der Waals surface area contributed by atoms with E-state index in [4.69, 9.17) is 8.94 Å². The number of hydrogen-bond donors (Lipinski definition) is 0. The topological polar surface area (TPSA) is 81.1 Å². The van der Waals surface area contributed by atoms with Gasteiger partial charge in [-0.25, -0.2) is 0 Å². The van der Waals surface area contributed by atoms with Crippen molar-refractivity contribution >= 4 is 0 Å². The third-order valence-electron chi connectivity index (χ3n) is 3.35. The van der Waals surface area contributed by atoms with Crippen LogP contribution in [0.5, 0.6) is 0 Å². The Morgan fingerprint density at radius 1 is 1.26 bits per heavy atom. The third kappa shape index (κ3) is 2.65. The van der Waals surface area contributed by atoms with Crippen molar-refractivity contribution in [2.75, 3.05) is 6.54 Å². The summed E-state index contributed by atoms with van der Waals surface area (Å²) in [5.41, 5.74) is 0. The van der Waals surface area contributed by atoms with E-state index in [9.17, 15) is 0 Å². The maximum atomic E-state index is 5.45. The van der Waals surface area contributed by atoms with Crippen molar-refractivity contribution in [1.82, 2.24) is 25.2 Å². The minimum atomic E-state index is 0.155. The van der Waals surface area contributed by atoms with Crippen LogP contribution in [-0.4, -0.2) is 31.8 Å². The Morgan fingerprint density at radius 3 is 2.84 bits per heavy atom. The van der Waals surface area contributed by atoms with E-state index in [0.29, 0.717) is 30.0 Å². The van der Waals surface area contributed by atoms with E-state index in [1.165, 1.54) is 6.42 Å². The maximum absolute atomic E-state index is 5.45. The molecule has 0 bridgehead atoms. The van der Waals surface area contributed by atoms with Gasteiger partial charge in [-0.15, -0.1) is 10.2 Å². The zero-order chi connectivity index (χ0) is 13.2. The fourth-order valence-corrected chi connectivity index (χ4v) is 2.48. The van der Waals surface area contributed by atoms with Gasteiger partial charge in [0.05, 0.1) is 12.6 Å². The van der Waals surface area contributed by atoms with Crippen molar-refractivity contribution in [3.8, 4) is 0 Å². The summed E-state index contributed by atoms with van der Waals surface area (Å²) in [5, 5.41) is 11.8. The number of hydrogen-bond acceptors (Lipinski definition) is 7. The number of aromatic nitrogens is 4. The van der Waals surface area contributed by atoms with E-state index >= 15 is 0 Å². The second-order valence-electron chi connectivity index (χ2n) is 4.88. The summed E-state index contributed by atoms with van der Waals surface area (Å²) < 4.78 is 10.8. The molecule has 0 aliphatic carbocycles. The molecule has 0 N–H and O–H groups in total. The van der Waals surface area contributed by atoms with Gasteiger partial charge in [0.15, 0.2) is 5.82 Å². The first-order chi connectivity index (χ1) is 9.22. The molecular weight excluding hydrogens is 246 g/mol. The summed E-state index contributed by atoms with van der Waals surface area (Å²) >= 11 is 0. The average Bonchev–Trinajstić information content (AvgIpc) is 2.99. The van der Waals surface area contributed by atoms with Crippen molar-refractivity contribution in [3.05, 3.63) is 23.5 Å². The summed E-state index contributed by atoms with van der Waals surface area (Å²) in [6, 6.07) is 0.155. The minimum absolute atomic E-state index is 0.155. The summed E-state index contributed by atoms with van der Waals surface area (Å²) in [6.07, 6.45) is 3.36. The van der Waals surface area contributed by atoms with Crippen LogP contribution in [0.2, 0.25) is 0 Å². The fourth-order valence-electron chi connectivity index (χ4n) is 2.48. The van der Waals surface area contributed by atoms with Crippen molar-refractivity contribution in [2.24, 2.45) is 0 Å². The lowest BCUT2D eigenvalue weighted by molar-refractivity contribution is 0.101. The van der Waals surface area contributed by atoms with E-state index < -0.39 is 0 Å². The van der Waals surface area contributed by atoms with Crippen molar-refractivity contribution in [1.29, 1.82) is 0 Å². The second-order valence-corrected chi connectivity index (χ2v) is 4.88. The molecule has 7 nitrogen and oxygen atoms in total. The molecule has 1 aliphatic heterocycles. The van der Waals surface area contributed by atoms with Gasteiger partial charge in [0, 0.05) is 6.92 Å². The summed E-state index contributed by atoms with van der Waals surface area (Å²) in [7, 11) is 0. The third-order valence-corrected chi connectivity index (χ3v) is 3.35. The van der Waals surface area contributed by atoms with Gasteiger partial charge >= 0.3 is 0 Å². The molecule has 0 saturated carbocycles. The lowest BCUT2D eigenvalue weighted by Gasteiger charge is -2.32. The Morgan fingerprint density at radius 2 is 2.16 bits per heavy atom. The molecule has 1 saturated heterocycles. The normalized spacial score (nSPS) is 20.8. The van der Waals surface area contributed by atoms with E-state index in [2.05, 4.69) is 25.2 Å². The highest BCUT2D eigenvalue weighted by atomic mass is 16.5. The molecule has 3 heterocycles. The largest absolute Gasteiger partial charge is 0.424 e. The molecule has 0 radical (unpaired) electrons. The molecule has 19 heavy (non-hydrogen) atoms. The van der Waals surface area contributed by atoms with E-state index in [1.807, 2.05) is 6.92 Å². The zero-order valence-electron chi connectivity index (χ0n) is 11.2. The predicted molar refractivity (Wildman–Crippen MR) is 65.1 cm³/mol. The van der Waals surface area contributed by atoms with E-state index in [-0.39, 0.29) is 6.04 Å². The molecule has 0 unspecified atom stereocenters. The molecule has 1 aliphatic rings. The van der Waals surface area contributed by atoms with Gasteiger partial charge in [-0.1, -0.05) is 11.6 Å². The highest BCUT2D eigenvalue weighted by molar-refractivity contribution is 4.95. The van der Waals surface area contributed by atoms with Crippen molar-refractivity contribution < 1.29 is 8.94 Å². The number of rotatable bonds is 3. The van der Waals surface area contributed by atoms with Crippen LogP contribution in [0.3, 0.4) is 0 Å². The van der Waals surface area contributed by atoms with Crippen LogP contribution < -0.4 is 0 Å². The van der Waals surface area contributed by atoms with Crippen LogP contribution >= 0.6 is 0 Å². The molecule has 2 aromatic rings. The fraction of sp³-hybridized carbons (Fsp3) is 0.667. The number of aryl methyl sites for hydroxylation is 2. The molecule has 7 heteroatoms. The summed E-state index contributed by atoms with van der Waals surface area (Å²) in [4.78, 5) is 6.61. The van der Waals surface area contributed by atoms with Crippen LogP contribution in [0.1, 0.15) is 48.8 Å². The smallest absolute Gasteiger partial charge is 0.243 e. The number of nitrogens with zero attached hydrogens (tertiary/aromatic N) is 5. The Hall–Kier alpha value is -1.76. The van der Waals surface area contributed by atoms with Gasteiger partial charge in [0.2, 0.25) is 17.7 Å². The Labute approximate surface area is 111 Å². The highest BCUT2D eigenvalue weighted by Gasteiger charge is 2.29. The van der Waals surface area contributed by atoms with Gasteiger partial charge < -0.3 is 8.94 Å². The number of piperidine rings is 1. The van der Waals surface area contributed by atoms with E-state index in [0.717, 1.165) is 19.4 Å². The molecular formula is C12H17N5O2. The summed E-state index contributed by atoms with van der Waals surface area (Å²) in [6.45, 7) is 5.24. The monoisotopic (exact) mass is 263 g/mol. The summed E-state index contributed by atoms with van der Waals surface area (Å²) in [5.74, 6) is 2.60. The Kier molecular flexibility index (Phi) is 3.29. The van der Waals surface area contributed by atoms with Gasteiger partial charge in [-0.2, -0.15) is 4.98 Å². The van der Waals surface area contributed by atoms with Gasteiger partial charge in [0.1, 0.15) is 0 Å². The average molecular weight is 263 g/mol. The minimum Gasteiger partial charge on any atom is -0.424 e.